The molecule has 0 spiro atoms. The third-order valence-electron chi connectivity index (χ3n) is 4.42. The summed E-state index contributed by atoms with van der Waals surface area (Å²) in [6, 6.07) is 4.94. The second kappa shape index (κ2) is 8.17. The zero-order chi connectivity index (χ0) is 18.6. The summed E-state index contributed by atoms with van der Waals surface area (Å²) >= 11 is 0. The molecule has 2 rings (SSSR count). The lowest BCUT2D eigenvalue weighted by Crippen LogP contribution is -2.30. The number of nitrogen functional groups attached to an aromatic ring is 1. The molecule has 140 valence electrons. The van der Waals surface area contributed by atoms with Gasteiger partial charge in [-0.05, 0) is 18.6 Å². The quantitative estimate of drug-likeness (QED) is 0.479. The highest BCUT2D eigenvalue weighted by Crippen LogP contribution is 2.32. The number of hydrogen-bond acceptors (Lipinski definition) is 4. The van der Waals surface area contributed by atoms with E-state index in [0.29, 0.717) is 18.7 Å². The summed E-state index contributed by atoms with van der Waals surface area (Å²) in [6.45, 7) is 7.24. The molecule has 0 fully saturated rings. The Morgan fingerprint density at radius 1 is 1.32 bits per heavy atom. The molecule has 0 aliphatic carbocycles. The fourth-order valence-electron chi connectivity index (χ4n) is 2.98. The molecular formula is C19H29FN2O3. The van der Waals surface area contributed by atoms with Crippen molar-refractivity contribution in [1.82, 2.24) is 4.57 Å². The summed E-state index contributed by atoms with van der Waals surface area (Å²) in [5, 5.41) is 20.0. The summed E-state index contributed by atoms with van der Waals surface area (Å²) in [5.74, 6) is -0.492. The highest BCUT2D eigenvalue weighted by Gasteiger charge is 2.27. The fourth-order valence-corrected chi connectivity index (χ4v) is 2.98. The average Bonchev–Trinajstić information content (AvgIpc) is 2.90. The first-order chi connectivity index (χ1) is 11.8. The van der Waals surface area contributed by atoms with Crippen molar-refractivity contribution in [2.45, 2.75) is 51.7 Å². The molecular weight excluding hydrogens is 323 g/mol. The van der Waals surface area contributed by atoms with Crippen LogP contribution in [0.5, 0.6) is 0 Å². The molecule has 1 aromatic heterocycles. The fraction of sp³-hybridized carbons (Fsp3) is 0.579. The van der Waals surface area contributed by atoms with E-state index in [2.05, 4.69) is 20.8 Å². The minimum absolute atomic E-state index is 0.0934. The molecule has 5 nitrogen and oxygen atoms in total. The number of nitrogens with two attached hydrogens (primary N) is 1. The number of unbranched alkanes of at least 4 members (excludes halogenated alkanes) is 1. The molecule has 0 saturated carbocycles. The Bertz CT molecular complexity index is 712. The van der Waals surface area contributed by atoms with E-state index in [0.717, 1.165) is 23.9 Å². The lowest BCUT2D eigenvalue weighted by molar-refractivity contribution is 0.0744. The van der Waals surface area contributed by atoms with Crippen LogP contribution in [-0.2, 0) is 16.7 Å². The van der Waals surface area contributed by atoms with Gasteiger partial charge in [-0.2, -0.15) is 0 Å². The zero-order valence-electron chi connectivity index (χ0n) is 15.3. The van der Waals surface area contributed by atoms with Gasteiger partial charge in [0.1, 0.15) is 5.82 Å². The zero-order valence-corrected chi connectivity index (χ0v) is 15.3. The van der Waals surface area contributed by atoms with Crippen LogP contribution in [0.1, 0.15) is 39.3 Å². The van der Waals surface area contributed by atoms with E-state index in [1.165, 1.54) is 6.07 Å². The third-order valence-corrected chi connectivity index (χ3v) is 4.42. The van der Waals surface area contributed by atoms with E-state index in [1.807, 2.05) is 10.6 Å². The first-order valence-electron chi connectivity index (χ1n) is 8.75. The molecule has 0 bridgehead atoms. The lowest BCUT2D eigenvalue weighted by atomic mass is 9.90. The molecule has 1 aromatic carbocycles. The molecule has 0 amide bonds. The van der Waals surface area contributed by atoms with Crippen molar-refractivity contribution < 1.29 is 19.3 Å². The number of aliphatic hydroxyl groups is 2. The molecule has 25 heavy (non-hydrogen) atoms. The maximum absolute atomic E-state index is 14.0. The minimum atomic E-state index is -0.924. The van der Waals surface area contributed by atoms with Crippen LogP contribution in [0, 0.1) is 5.82 Å². The van der Waals surface area contributed by atoms with Gasteiger partial charge in [0.25, 0.3) is 0 Å². The van der Waals surface area contributed by atoms with Crippen molar-refractivity contribution in [3.8, 4) is 0 Å². The van der Waals surface area contributed by atoms with Crippen LogP contribution in [0.15, 0.2) is 18.2 Å². The molecule has 4 N–H and O–H groups in total. The van der Waals surface area contributed by atoms with Gasteiger partial charge in [-0.15, -0.1) is 0 Å². The molecule has 0 radical (unpaired) electrons. The van der Waals surface area contributed by atoms with Crippen molar-refractivity contribution in [1.29, 1.82) is 0 Å². The van der Waals surface area contributed by atoms with Crippen LogP contribution < -0.4 is 5.73 Å². The Morgan fingerprint density at radius 2 is 2.04 bits per heavy atom. The second-order valence-electron chi connectivity index (χ2n) is 7.20. The van der Waals surface area contributed by atoms with Crippen LogP contribution in [0.2, 0.25) is 0 Å². The normalized spacial score (nSPS) is 13.5. The number of halogens is 1. The number of nitrogens with zero attached hydrogens (tertiary/aromatic N) is 1. The van der Waals surface area contributed by atoms with E-state index in [-0.39, 0.29) is 24.3 Å². The van der Waals surface area contributed by atoms with Gasteiger partial charge >= 0.3 is 0 Å². The van der Waals surface area contributed by atoms with Crippen molar-refractivity contribution in [2.75, 3.05) is 25.6 Å². The molecule has 6 heteroatoms. The number of aliphatic hydroxyl groups excluding tert-OH is 2. The van der Waals surface area contributed by atoms with Crippen molar-refractivity contribution in [3.63, 3.8) is 0 Å². The molecule has 1 atom stereocenters. The van der Waals surface area contributed by atoms with Crippen molar-refractivity contribution in [3.05, 3.63) is 29.7 Å². The Labute approximate surface area is 148 Å². The Kier molecular flexibility index (Phi) is 6.43. The van der Waals surface area contributed by atoms with Crippen LogP contribution in [0.3, 0.4) is 0 Å². The summed E-state index contributed by atoms with van der Waals surface area (Å²) in [7, 11) is 0. The van der Waals surface area contributed by atoms with Crippen LogP contribution in [0.25, 0.3) is 10.9 Å². The van der Waals surface area contributed by atoms with Gasteiger partial charge in [0, 0.05) is 29.2 Å². The number of benzene rings is 1. The molecule has 1 unspecified atom stereocenters. The number of fused-ring (bicyclic) bond motifs is 1. The van der Waals surface area contributed by atoms with E-state index < -0.39 is 11.9 Å². The van der Waals surface area contributed by atoms with Crippen LogP contribution in [-0.4, -0.2) is 40.7 Å². The van der Waals surface area contributed by atoms with Gasteiger partial charge in [-0.3, -0.25) is 0 Å². The monoisotopic (exact) mass is 352 g/mol. The van der Waals surface area contributed by atoms with Gasteiger partial charge in [-0.25, -0.2) is 4.39 Å². The molecule has 0 aliphatic heterocycles. The van der Waals surface area contributed by atoms with E-state index in [9.17, 15) is 14.6 Å². The van der Waals surface area contributed by atoms with E-state index >= 15 is 0 Å². The standard InChI is InChI=1S/C19H29FN2O3/c1-4-5-6-25-12-19(2,3)18-8-13-7-16(21)15(20)9-17(13)22(18)10-14(24)11-23/h7-9,14,23-24H,4-6,10-12,21H2,1-3H3. The average molecular weight is 352 g/mol. The van der Waals surface area contributed by atoms with Gasteiger partial charge in [0.15, 0.2) is 0 Å². The van der Waals surface area contributed by atoms with E-state index in [4.69, 9.17) is 10.5 Å². The number of hydrogen-bond donors (Lipinski definition) is 3. The largest absolute Gasteiger partial charge is 0.396 e. The van der Waals surface area contributed by atoms with Crippen LogP contribution in [0.4, 0.5) is 10.1 Å². The Balaban J connectivity index is 2.44. The van der Waals surface area contributed by atoms with Gasteiger partial charge in [0.05, 0.1) is 37.1 Å². The maximum atomic E-state index is 14.0. The van der Waals surface area contributed by atoms with Gasteiger partial charge in [0.2, 0.25) is 0 Å². The molecule has 0 aliphatic rings. The topological polar surface area (TPSA) is 80.6 Å². The predicted molar refractivity (Wildman–Crippen MR) is 98.2 cm³/mol. The number of aromatic nitrogens is 1. The predicted octanol–water partition coefficient (Wildman–Crippen LogP) is 2.81. The summed E-state index contributed by atoms with van der Waals surface area (Å²) < 4.78 is 21.6. The first kappa shape index (κ1) is 19.7. The highest BCUT2D eigenvalue weighted by molar-refractivity contribution is 5.85. The summed E-state index contributed by atoms with van der Waals surface area (Å²) in [6.07, 6.45) is 1.15. The second-order valence-corrected chi connectivity index (χ2v) is 7.20. The van der Waals surface area contributed by atoms with Crippen molar-refractivity contribution in [2.24, 2.45) is 0 Å². The molecule has 1 heterocycles. The maximum Gasteiger partial charge on any atom is 0.148 e. The molecule has 2 aromatic rings. The number of anilines is 1. The molecule has 0 saturated heterocycles. The smallest absolute Gasteiger partial charge is 0.148 e. The Hall–Kier alpha value is -1.63. The highest BCUT2D eigenvalue weighted by atomic mass is 19.1. The summed E-state index contributed by atoms with van der Waals surface area (Å²) in [4.78, 5) is 0. The van der Waals surface area contributed by atoms with Crippen LogP contribution >= 0.6 is 0 Å². The van der Waals surface area contributed by atoms with Crippen molar-refractivity contribution >= 4 is 16.6 Å². The summed E-state index contributed by atoms with van der Waals surface area (Å²) in [5.41, 5.74) is 7.01. The number of rotatable bonds is 9. The first-order valence-corrected chi connectivity index (χ1v) is 8.75. The number of ether oxygens (including phenoxy) is 1. The SMILES string of the molecule is CCCCOCC(C)(C)c1cc2cc(N)c(F)cc2n1CC(O)CO. The van der Waals surface area contributed by atoms with Gasteiger partial charge < -0.3 is 25.3 Å². The van der Waals surface area contributed by atoms with Gasteiger partial charge in [-0.1, -0.05) is 27.2 Å². The lowest BCUT2D eigenvalue weighted by Gasteiger charge is -2.27. The third kappa shape index (κ3) is 4.51. The Morgan fingerprint density at radius 3 is 2.68 bits per heavy atom. The minimum Gasteiger partial charge on any atom is -0.396 e. The van der Waals surface area contributed by atoms with E-state index in [1.54, 1.807) is 6.07 Å².